The minimum Gasteiger partial charge on any atom is -0.361 e. The van der Waals surface area contributed by atoms with E-state index in [1.54, 1.807) is 0 Å². The lowest BCUT2D eigenvalue weighted by atomic mass is 10.0. The lowest BCUT2D eigenvalue weighted by Crippen LogP contribution is -2.43. The summed E-state index contributed by atoms with van der Waals surface area (Å²) in [6.07, 6.45) is 2.44. The fourth-order valence-corrected chi connectivity index (χ4v) is 3.10. The molecule has 0 saturated carbocycles. The number of H-pyrrole nitrogens is 1. The highest BCUT2D eigenvalue weighted by Crippen LogP contribution is 2.20. The fourth-order valence-electron chi connectivity index (χ4n) is 3.10. The van der Waals surface area contributed by atoms with Crippen LogP contribution in [0.1, 0.15) is 29.7 Å². The van der Waals surface area contributed by atoms with Crippen LogP contribution in [0.25, 0.3) is 10.9 Å². The lowest BCUT2D eigenvalue weighted by molar-refractivity contribution is -0.123. The molecule has 0 aliphatic carbocycles. The molecule has 2 atom stereocenters. The Labute approximate surface area is 142 Å². The van der Waals surface area contributed by atoms with Crippen LogP contribution in [-0.4, -0.2) is 16.9 Å². The molecule has 0 saturated heterocycles. The van der Waals surface area contributed by atoms with Crippen LogP contribution in [0, 0.1) is 6.92 Å². The van der Waals surface area contributed by atoms with Gasteiger partial charge in [-0.05, 0) is 43.0 Å². The molecule has 1 aromatic heterocycles. The van der Waals surface area contributed by atoms with E-state index >= 15 is 0 Å². The van der Waals surface area contributed by atoms with E-state index in [4.69, 9.17) is 5.73 Å². The summed E-state index contributed by atoms with van der Waals surface area (Å²) in [5, 5.41) is 4.14. The molecule has 0 fully saturated rings. The Balaban J connectivity index is 1.68. The predicted octanol–water partition coefficient (Wildman–Crippen LogP) is 3.22. The zero-order valence-electron chi connectivity index (χ0n) is 14.0. The number of aromatic nitrogens is 1. The topological polar surface area (TPSA) is 70.9 Å². The third-order valence-electron chi connectivity index (χ3n) is 4.47. The van der Waals surface area contributed by atoms with Crippen LogP contribution < -0.4 is 11.1 Å². The summed E-state index contributed by atoms with van der Waals surface area (Å²) in [7, 11) is 0. The van der Waals surface area contributed by atoms with Gasteiger partial charge in [0.2, 0.25) is 5.91 Å². The van der Waals surface area contributed by atoms with Crippen LogP contribution in [0.2, 0.25) is 0 Å². The highest BCUT2D eigenvalue weighted by Gasteiger charge is 2.19. The standard InChI is InChI=1S/C20H23N3O/c1-13-7-3-4-8-16(13)14(2)23-20(24)18(21)11-15-12-22-19-10-6-5-9-17(15)19/h3-10,12,14,18,22H,11,21H2,1-2H3,(H,23,24)/t14?,18-/m0/s1. The largest absolute Gasteiger partial charge is 0.361 e. The van der Waals surface area contributed by atoms with E-state index in [1.807, 2.05) is 68.6 Å². The number of nitrogens with one attached hydrogen (secondary N) is 2. The monoisotopic (exact) mass is 321 g/mol. The highest BCUT2D eigenvalue weighted by molar-refractivity contribution is 5.86. The minimum atomic E-state index is -0.573. The van der Waals surface area contributed by atoms with Crippen molar-refractivity contribution in [3.8, 4) is 0 Å². The Kier molecular flexibility index (Phi) is 4.67. The normalized spacial score (nSPS) is 13.6. The number of carbonyl (C=O) groups is 1. The number of fused-ring (bicyclic) bond motifs is 1. The summed E-state index contributed by atoms with van der Waals surface area (Å²) in [4.78, 5) is 15.7. The van der Waals surface area contributed by atoms with Crippen LogP contribution in [0.3, 0.4) is 0 Å². The molecule has 0 aliphatic rings. The predicted molar refractivity (Wildman–Crippen MR) is 97.7 cm³/mol. The number of para-hydroxylation sites is 1. The second kappa shape index (κ2) is 6.89. The third kappa shape index (κ3) is 3.34. The van der Waals surface area contributed by atoms with Crippen molar-refractivity contribution >= 4 is 16.8 Å². The second-order valence-corrected chi connectivity index (χ2v) is 6.26. The molecule has 2 aromatic carbocycles. The molecule has 3 rings (SSSR count). The van der Waals surface area contributed by atoms with Crippen molar-refractivity contribution in [3.05, 3.63) is 71.4 Å². The lowest BCUT2D eigenvalue weighted by Gasteiger charge is -2.19. The molecule has 0 aliphatic heterocycles. The zero-order valence-corrected chi connectivity index (χ0v) is 14.0. The van der Waals surface area contributed by atoms with Crippen molar-refractivity contribution < 1.29 is 4.79 Å². The van der Waals surface area contributed by atoms with E-state index in [-0.39, 0.29) is 11.9 Å². The van der Waals surface area contributed by atoms with Crippen molar-refractivity contribution in [2.24, 2.45) is 5.73 Å². The van der Waals surface area contributed by atoms with E-state index in [0.717, 1.165) is 27.6 Å². The number of benzene rings is 2. The number of aromatic amines is 1. The van der Waals surface area contributed by atoms with Gasteiger partial charge in [-0.3, -0.25) is 4.79 Å². The van der Waals surface area contributed by atoms with Gasteiger partial charge in [0, 0.05) is 17.1 Å². The van der Waals surface area contributed by atoms with E-state index in [0.29, 0.717) is 6.42 Å². The molecule has 3 aromatic rings. The summed E-state index contributed by atoms with van der Waals surface area (Å²) >= 11 is 0. The molecule has 1 amide bonds. The Morgan fingerprint density at radius 1 is 1.17 bits per heavy atom. The maximum absolute atomic E-state index is 12.5. The van der Waals surface area contributed by atoms with E-state index in [1.165, 1.54) is 0 Å². The van der Waals surface area contributed by atoms with Gasteiger partial charge in [-0.25, -0.2) is 0 Å². The number of nitrogens with two attached hydrogens (primary N) is 1. The highest BCUT2D eigenvalue weighted by atomic mass is 16.2. The van der Waals surface area contributed by atoms with Crippen molar-refractivity contribution in [1.82, 2.24) is 10.3 Å². The number of aryl methyl sites for hydroxylation is 1. The molecule has 0 bridgehead atoms. The molecule has 1 unspecified atom stereocenters. The van der Waals surface area contributed by atoms with Crippen LogP contribution in [-0.2, 0) is 11.2 Å². The Bertz CT molecular complexity index is 853. The molecule has 4 N–H and O–H groups in total. The van der Waals surface area contributed by atoms with Gasteiger partial charge in [0.1, 0.15) is 0 Å². The van der Waals surface area contributed by atoms with Crippen LogP contribution in [0.4, 0.5) is 0 Å². The van der Waals surface area contributed by atoms with Gasteiger partial charge in [0.15, 0.2) is 0 Å². The van der Waals surface area contributed by atoms with Crippen molar-refractivity contribution in [2.45, 2.75) is 32.4 Å². The van der Waals surface area contributed by atoms with Crippen LogP contribution in [0.5, 0.6) is 0 Å². The van der Waals surface area contributed by atoms with E-state index < -0.39 is 6.04 Å². The first-order chi connectivity index (χ1) is 11.6. The summed E-state index contributed by atoms with van der Waals surface area (Å²) in [6.45, 7) is 4.03. The quantitative estimate of drug-likeness (QED) is 0.675. The van der Waals surface area contributed by atoms with Crippen molar-refractivity contribution in [2.75, 3.05) is 0 Å². The first-order valence-electron chi connectivity index (χ1n) is 8.22. The SMILES string of the molecule is Cc1ccccc1C(C)NC(=O)[C@@H](N)Cc1c[nH]c2ccccc12. The van der Waals surface area contributed by atoms with Gasteiger partial charge in [0.25, 0.3) is 0 Å². The Hall–Kier alpha value is -2.59. The number of hydrogen-bond acceptors (Lipinski definition) is 2. The Morgan fingerprint density at radius 2 is 1.88 bits per heavy atom. The average molecular weight is 321 g/mol. The average Bonchev–Trinajstić information content (AvgIpc) is 2.98. The number of carbonyl (C=O) groups excluding carboxylic acids is 1. The number of rotatable bonds is 5. The third-order valence-corrected chi connectivity index (χ3v) is 4.47. The van der Waals surface area contributed by atoms with Gasteiger partial charge >= 0.3 is 0 Å². The maximum Gasteiger partial charge on any atom is 0.237 e. The number of hydrogen-bond donors (Lipinski definition) is 3. The van der Waals surface area contributed by atoms with E-state index in [9.17, 15) is 4.79 Å². The van der Waals surface area contributed by atoms with Gasteiger partial charge in [-0.2, -0.15) is 0 Å². The van der Waals surface area contributed by atoms with Gasteiger partial charge in [-0.15, -0.1) is 0 Å². The summed E-state index contributed by atoms with van der Waals surface area (Å²) in [5.74, 6) is -0.129. The smallest absolute Gasteiger partial charge is 0.237 e. The molecular weight excluding hydrogens is 298 g/mol. The summed E-state index contributed by atoms with van der Waals surface area (Å²) in [6, 6.07) is 15.5. The van der Waals surface area contributed by atoms with E-state index in [2.05, 4.69) is 10.3 Å². The molecule has 1 heterocycles. The van der Waals surface area contributed by atoms with Gasteiger partial charge < -0.3 is 16.0 Å². The molecule has 124 valence electrons. The second-order valence-electron chi connectivity index (χ2n) is 6.26. The molecule has 0 spiro atoms. The first-order valence-corrected chi connectivity index (χ1v) is 8.22. The number of amides is 1. The molecule has 4 heteroatoms. The van der Waals surface area contributed by atoms with Gasteiger partial charge in [-0.1, -0.05) is 42.5 Å². The molecule has 0 radical (unpaired) electrons. The molecule has 4 nitrogen and oxygen atoms in total. The maximum atomic E-state index is 12.5. The summed E-state index contributed by atoms with van der Waals surface area (Å²) < 4.78 is 0. The Morgan fingerprint density at radius 3 is 2.67 bits per heavy atom. The molecule has 24 heavy (non-hydrogen) atoms. The van der Waals surface area contributed by atoms with Crippen molar-refractivity contribution in [1.29, 1.82) is 0 Å². The fraction of sp³-hybridized carbons (Fsp3) is 0.250. The van der Waals surface area contributed by atoms with Crippen molar-refractivity contribution in [3.63, 3.8) is 0 Å². The minimum absolute atomic E-state index is 0.0623. The summed E-state index contributed by atoms with van der Waals surface area (Å²) in [5.41, 5.74) is 10.5. The molecular formula is C20H23N3O. The van der Waals surface area contributed by atoms with Gasteiger partial charge in [0.05, 0.1) is 12.1 Å². The van der Waals surface area contributed by atoms with Crippen LogP contribution >= 0.6 is 0 Å². The van der Waals surface area contributed by atoms with Crippen LogP contribution in [0.15, 0.2) is 54.7 Å². The first kappa shape index (κ1) is 16.3. The zero-order chi connectivity index (χ0) is 17.1.